The Kier molecular flexibility index (Phi) is 4.48. The number of para-hydroxylation sites is 1. The number of fused-ring (bicyclic) bond motifs is 1. The summed E-state index contributed by atoms with van der Waals surface area (Å²) in [6.07, 6.45) is 4.02. The second-order valence-corrected chi connectivity index (χ2v) is 6.74. The second kappa shape index (κ2) is 7.08. The van der Waals surface area contributed by atoms with E-state index in [2.05, 4.69) is 20.5 Å². The van der Waals surface area contributed by atoms with Crippen LogP contribution in [0.25, 0.3) is 11.0 Å². The maximum Gasteiger partial charge on any atom is 0.389 e. The summed E-state index contributed by atoms with van der Waals surface area (Å²) in [7, 11) is 0. The molecular weight excluding hydrogens is 356 g/mol. The van der Waals surface area contributed by atoms with Gasteiger partial charge in [0.2, 0.25) is 5.71 Å². The smallest absolute Gasteiger partial charge is 0.389 e. The maximum absolute atomic E-state index is 12.7. The van der Waals surface area contributed by atoms with E-state index in [1.165, 1.54) is 11.3 Å². The summed E-state index contributed by atoms with van der Waals surface area (Å²) < 4.78 is 0. The van der Waals surface area contributed by atoms with Crippen molar-refractivity contribution in [2.24, 2.45) is 5.16 Å². The molecule has 9 nitrogen and oxygen atoms in total. The molecule has 1 aromatic carbocycles. The first kappa shape index (κ1) is 16.5. The third kappa shape index (κ3) is 3.36. The van der Waals surface area contributed by atoms with Crippen molar-refractivity contribution in [1.82, 2.24) is 20.1 Å². The molecular formula is C16H16N6O3S. The number of carbonyl (C=O) groups excluding carboxylic acids is 1. The van der Waals surface area contributed by atoms with Gasteiger partial charge in [-0.25, -0.2) is 9.78 Å². The summed E-state index contributed by atoms with van der Waals surface area (Å²) >= 11 is 1.21. The minimum Gasteiger partial charge on any atom is -0.392 e. The monoisotopic (exact) mass is 372 g/mol. The lowest BCUT2D eigenvalue weighted by Gasteiger charge is -2.08. The highest BCUT2D eigenvalue weighted by Crippen LogP contribution is 2.22. The summed E-state index contributed by atoms with van der Waals surface area (Å²) in [6, 6.07) is 7.14. The summed E-state index contributed by atoms with van der Waals surface area (Å²) in [5.74, 6) is -0.746. The Hall–Kier alpha value is -3.01. The lowest BCUT2D eigenvalue weighted by Crippen LogP contribution is -2.29. The molecule has 0 radical (unpaired) electrons. The molecule has 1 aliphatic rings. The molecule has 4 rings (SSSR count). The number of thiazole rings is 1. The third-order valence-corrected chi connectivity index (χ3v) is 4.72. The number of hydrogen-bond acceptors (Lipinski definition) is 9. The largest absolute Gasteiger partial charge is 0.392 e. The number of oxime groups is 1. The summed E-state index contributed by atoms with van der Waals surface area (Å²) in [5, 5.41) is 13.8. The van der Waals surface area contributed by atoms with Crippen molar-refractivity contribution >= 4 is 39.2 Å². The Morgan fingerprint density at radius 2 is 2.12 bits per heavy atom. The van der Waals surface area contributed by atoms with Crippen LogP contribution in [0.2, 0.25) is 0 Å². The highest BCUT2D eigenvalue weighted by atomic mass is 32.1. The van der Waals surface area contributed by atoms with Crippen molar-refractivity contribution in [2.75, 3.05) is 5.73 Å². The van der Waals surface area contributed by atoms with Gasteiger partial charge in [0.15, 0.2) is 5.13 Å². The predicted molar refractivity (Wildman–Crippen MR) is 95.5 cm³/mol. The summed E-state index contributed by atoms with van der Waals surface area (Å²) in [6.45, 7) is 0. The van der Waals surface area contributed by atoms with E-state index in [1.807, 2.05) is 6.07 Å². The fourth-order valence-corrected chi connectivity index (χ4v) is 3.29. The van der Waals surface area contributed by atoms with E-state index in [9.17, 15) is 4.79 Å². The van der Waals surface area contributed by atoms with E-state index in [1.54, 1.807) is 23.6 Å². The lowest BCUT2D eigenvalue weighted by molar-refractivity contribution is -0.137. The minimum absolute atomic E-state index is 0.000910. The molecule has 0 amide bonds. The average molecular weight is 372 g/mol. The predicted octanol–water partition coefficient (Wildman–Crippen LogP) is 1.79. The number of rotatable bonds is 5. The van der Waals surface area contributed by atoms with Crippen molar-refractivity contribution in [2.45, 2.75) is 31.8 Å². The van der Waals surface area contributed by atoms with Crippen LogP contribution in [-0.2, 0) is 9.63 Å². The minimum atomic E-state index is -0.746. The van der Waals surface area contributed by atoms with Crippen molar-refractivity contribution in [3.8, 4) is 0 Å². The molecule has 0 spiro atoms. The molecule has 3 aromatic rings. The molecule has 1 aliphatic carbocycles. The van der Waals surface area contributed by atoms with E-state index in [4.69, 9.17) is 15.4 Å². The normalized spacial score (nSPS) is 15.5. The van der Waals surface area contributed by atoms with Crippen LogP contribution in [0.3, 0.4) is 0 Å². The quantitative estimate of drug-likeness (QED) is 0.412. The number of anilines is 1. The van der Waals surface area contributed by atoms with Gasteiger partial charge in [-0.3, -0.25) is 0 Å². The molecule has 0 unspecified atom stereocenters. The Morgan fingerprint density at radius 1 is 1.31 bits per heavy atom. The number of nitrogens with zero attached hydrogens (tertiary/aromatic N) is 5. The van der Waals surface area contributed by atoms with Crippen LogP contribution in [0.15, 0.2) is 34.8 Å². The molecule has 1 fully saturated rings. The topological polar surface area (TPSA) is 118 Å². The van der Waals surface area contributed by atoms with Crippen LogP contribution in [0, 0.1) is 0 Å². The van der Waals surface area contributed by atoms with Crippen LogP contribution >= 0.6 is 11.3 Å². The highest BCUT2D eigenvalue weighted by molar-refractivity contribution is 7.13. The van der Waals surface area contributed by atoms with Gasteiger partial charge in [0.1, 0.15) is 22.8 Å². The molecule has 0 aliphatic heterocycles. The zero-order valence-corrected chi connectivity index (χ0v) is 14.6. The van der Waals surface area contributed by atoms with E-state index in [0.29, 0.717) is 21.9 Å². The van der Waals surface area contributed by atoms with Gasteiger partial charge in [0.05, 0.1) is 0 Å². The maximum atomic E-state index is 12.7. The summed E-state index contributed by atoms with van der Waals surface area (Å²) in [4.78, 5) is 28.7. The fraction of sp³-hybridized carbons (Fsp3) is 0.312. The standard InChI is InChI=1S/C16H16N6O3S/c17-16-18-12(9-26-16)14(20-24-10-5-1-2-6-10)15(23)25-22-13-8-4-3-7-11(13)19-21-22/h3-4,7-10H,1-2,5-6H2,(H2,17,18)/b20-14-. The molecule has 2 aromatic heterocycles. The molecule has 134 valence electrons. The first-order valence-electron chi connectivity index (χ1n) is 8.19. The molecule has 10 heteroatoms. The Bertz CT molecular complexity index is 960. The molecule has 26 heavy (non-hydrogen) atoms. The van der Waals surface area contributed by atoms with Crippen LogP contribution in [0.5, 0.6) is 0 Å². The second-order valence-electron chi connectivity index (χ2n) is 5.85. The number of hydrogen-bond donors (Lipinski definition) is 1. The van der Waals surface area contributed by atoms with Gasteiger partial charge in [0, 0.05) is 5.38 Å². The van der Waals surface area contributed by atoms with E-state index in [-0.39, 0.29) is 11.8 Å². The van der Waals surface area contributed by atoms with Crippen molar-refractivity contribution in [3.63, 3.8) is 0 Å². The number of nitrogen functional groups attached to an aromatic ring is 1. The molecule has 2 heterocycles. The molecule has 0 atom stereocenters. The van der Waals surface area contributed by atoms with Crippen LogP contribution in [0.1, 0.15) is 31.4 Å². The number of carbonyl (C=O) groups is 1. The van der Waals surface area contributed by atoms with Crippen molar-refractivity contribution < 1.29 is 14.5 Å². The number of benzene rings is 1. The highest BCUT2D eigenvalue weighted by Gasteiger charge is 2.24. The average Bonchev–Trinajstić information content (AvgIpc) is 3.38. The van der Waals surface area contributed by atoms with Crippen LogP contribution in [-0.4, -0.2) is 37.9 Å². The molecule has 1 saturated carbocycles. The van der Waals surface area contributed by atoms with Gasteiger partial charge in [-0.2, -0.15) is 0 Å². The zero-order valence-electron chi connectivity index (χ0n) is 13.7. The van der Waals surface area contributed by atoms with Gasteiger partial charge in [-0.1, -0.05) is 22.1 Å². The van der Waals surface area contributed by atoms with E-state index < -0.39 is 5.97 Å². The van der Waals surface area contributed by atoms with Gasteiger partial charge < -0.3 is 15.4 Å². The number of aromatic nitrogens is 4. The van der Waals surface area contributed by atoms with Gasteiger partial charge in [0.25, 0.3) is 0 Å². The lowest BCUT2D eigenvalue weighted by atomic mass is 10.3. The zero-order chi connectivity index (χ0) is 17.9. The van der Waals surface area contributed by atoms with Crippen molar-refractivity contribution in [1.29, 1.82) is 0 Å². The van der Waals surface area contributed by atoms with Crippen molar-refractivity contribution in [3.05, 3.63) is 35.3 Å². The third-order valence-electron chi connectivity index (χ3n) is 4.04. The fourth-order valence-electron chi connectivity index (χ4n) is 2.74. The first-order valence-corrected chi connectivity index (χ1v) is 9.07. The Morgan fingerprint density at radius 3 is 2.88 bits per heavy atom. The van der Waals surface area contributed by atoms with Gasteiger partial charge >= 0.3 is 5.97 Å². The van der Waals surface area contributed by atoms with Gasteiger partial charge in [-0.15, -0.1) is 16.4 Å². The van der Waals surface area contributed by atoms with Gasteiger partial charge in [-0.05, 0) is 43.0 Å². The Balaban J connectivity index is 1.60. The molecule has 0 saturated heterocycles. The first-order chi connectivity index (χ1) is 12.7. The summed E-state index contributed by atoms with van der Waals surface area (Å²) in [5.41, 5.74) is 7.11. The van der Waals surface area contributed by atoms with Crippen LogP contribution in [0.4, 0.5) is 5.13 Å². The molecule has 0 bridgehead atoms. The molecule has 2 N–H and O–H groups in total. The van der Waals surface area contributed by atoms with Crippen LogP contribution < -0.4 is 10.6 Å². The SMILES string of the molecule is Nc1nc(/C(=N/OC2CCCC2)C(=O)On2nnc3ccccc32)cs1. The van der Waals surface area contributed by atoms with E-state index in [0.717, 1.165) is 30.5 Å². The Labute approximate surface area is 152 Å². The number of nitrogens with two attached hydrogens (primary N) is 1. The van der Waals surface area contributed by atoms with E-state index >= 15 is 0 Å².